The van der Waals surface area contributed by atoms with Gasteiger partial charge in [-0.25, -0.2) is 0 Å². The topological polar surface area (TPSA) is 50.2 Å². The number of carboxylic acids is 1. The summed E-state index contributed by atoms with van der Waals surface area (Å²) >= 11 is 0. The molecular weight excluding hydrogens is 178 g/mol. The Labute approximate surface area is 83.8 Å². The maximum absolute atomic E-state index is 10.9. The molecule has 1 N–H and O–H groups in total. The number of hydrogen-bond donors (Lipinski definition) is 1. The highest BCUT2D eigenvalue weighted by Gasteiger charge is 2.21. The zero-order chi connectivity index (χ0) is 10.6. The minimum Gasteiger partial charge on any atom is -0.481 e. The Kier molecular flexibility index (Phi) is 3.63. The first-order valence-corrected chi connectivity index (χ1v) is 4.73. The lowest BCUT2D eigenvalue weighted by Crippen LogP contribution is -2.22. The van der Waals surface area contributed by atoms with Crippen molar-refractivity contribution in [3.8, 4) is 0 Å². The van der Waals surface area contributed by atoms with Gasteiger partial charge in [-0.15, -0.1) is 0 Å². The molecule has 1 unspecified atom stereocenters. The SMILES string of the molecule is CC(C)C(Cc1cccnc1)C(=O)O. The van der Waals surface area contributed by atoms with Crippen LogP contribution in [0.25, 0.3) is 0 Å². The summed E-state index contributed by atoms with van der Waals surface area (Å²) in [4.78, 5) is 14.9. The Hall–Kier alpha value is -1.38. The van der Waals surface area contributed by atoms with Crippen molar-refractivity contribution in [2.45, 2.75) is 20.3 Å². The molecule has 1 aromatic rings. The summed E-state index contributed by atoms with van der Waals surface area (Å²) < 4.78 is 0. The van der Waals surface area contributed by atoms with E-state index in [0.717, 1.165) is 5.56 Å². The lowest BCUT2D eigenvalue weighted by Gasteiger charge is -2.15. The number of hydrogen-bond acceptors (Lipinski definition) is 2. The number of aliphatic carboxylic acids is 1. The average Bonchev–Trinajstić information content (AvgIpc) is 2.15. The van der Waals surface area contributed by atoms with E-state index in [2.05, 4.69) is 4.98 Å². The molecule has 0 aromatic carbocycles. The van der Waals surface area contributed by atoms with Crippen molar-refractivity contribution >= 4 is 5.97 Å². The summed E-state index contributed by atoms with van der Waals surface area (Å²) in [6, 6.07) is 3.74. The Morgan fingerprint density at radius 3 is 2.71 bits per heavy atom. The minimum atomic E-state index is -0.733. The van der Waals surface area contributed by atoms with Gasteiger partial charge in [0, 0.05) is 12.4 Å². The van der Waals surface area contributed by atoms with Crippen LogP contribution in [0.2, 0.25) is 0 Å². The number of rotatable bonds is 4. The molecule has 0 bridgehead atoms. The first kappa shape index (κ1) is 10.7. The van der Waals surface area contributed by atoms with E-state index in [1.807, 2.05) is 26.0 Å². The maximum atomic E-state index is 10.9. The highest BCUT2D eigenvalue weighted by Crippen LogP contribution is 2.16. The summed E-state index contributed by atoms with van der Waals surface area (Å²) in [5, 5.41) is 8.98. The van der Waals surface area contributed by atoms with Gasteiger partial charge in [-0.3, -0.25) is 9.78 Å². The minimum absolute atomic E-state index is 0.146. The van der Waals surface area contributed by atoms with Crippen LogP contribution in [0.15, 0.2) is 24.5 Å². The van der Waals surface area contributed by atoms with Gasteiger partial charge in [0.05, 0.1) is 5.92 Å². The van der Waals surface area contributed by atoms with Crippen molar-refractivity contribution in [3.05, 3.63) is 30.1 Å². The van der Waals surface area contributed by atoms with Gasteiger partial charge in [0.2, 0.25) is 0 Å². The quantitative estimate of drug-likeness (QED) is 0.795. The van der Waals surface area contributed by atoms with Gasteiger partial charge in [-0.05, 0) is 24.0 Å². The number of pyridine rings is 1. The van der Waals surface area contributed by atoms with Crippen LogP contribution in [0, 0.1) is 11.8 Å². The third kappa shape index (κ3) is 2.83. The zero-order valence-electron chi connectivity index (χ0n) is 8.47. The second-order valence-corrected chi connectivity index (χ2v) is 3.75. The second-order valence-electron chi connectivity index (χ2n) is 3.75. The molecule has 3 heteroatoms. The molecule has 1 atom stereocenters. The molecule has 1 heterocycles. The van der Waals surface area contributed by atoms with Crippen LogP contribution in [-0.2, 0) is 11.2 Å². The fourth-order valence-electron chi connectivity index (χ4n) is 1.38. The van der Waals surface area contributed by atoms with E-state index in [4.69, 9.17) is 5.11 Å². The van der Waals surface area contributed by atoms with Crippen molar-refractivity contribution < 1.29 is 9.90 Å². The molecule has 3 nitrogen and oxygen atoms in total. The first-order valence-electron chi connectivity index (χ1n) is 4.73. The molecule has 0 saturated carbocycles. The first-order chi connectivity index (χ1) is 6.61. The predicted octanol–water partition coefficient (Wildman–Crippen LogP) is 1.98. The third-order valence-electron chi connectivity index (χ3n) is 2.30. The van der Waals surface area contributed by atoms with Crippen LogP contribution in [0.5, 0.6) is 0 Å². The highest BCUT2D eigenvalue weighted by molar-refractivity contribution is 5.70. The second kappa shape index (κ2) is 4.74. The Bertz CT molecular complexity index is 295. The highest BCUT2D eigenvalue weighted by atomic mass is 16.4. The summed E-state index contributed by atoms with van der Waals surface area (Å²) in [7, 11) is 0. The van der Waals surface area contributed by atoms with Gasteiger partial charge in [0.1, 0.15) is 0 Å². The average molecular weight is 193 g/mol. The van der Waals surface area contributed by atoms with E-state index < -0.39 is 5.97 Å². The van der Waals surface area contributed by atoms with Crippen molar-refractivity contribution in [3.63, 3.8) is 0 Å². The van der Waals surface area contributed by atoms with Crippen LogP contribution in [0.4, 0.5) is 0 Å². The molecular formula is C11H15NO2. The Morgan fingerprint density at radius 1 is 1.57 bits per heavy atom. The van der Waals surface area contributed by atoms with Crippen molar-refractivity contribution in [1.82, 2.24) is 4.98 Å². The zero-order valence-corrected chi connectivity index (χ0v) is 8.47. The lowest BCUT2D eigenvalue weighted by atomic mass is 9.90. The molecule has 0 radical (unpaired) electrons. The number of carbonyl (C=O) groups is 1. The van der Waals surface area contributed by atoms with Crippen LogP contribution in [0.1, 0.15) is 19.4 Å². The molecule has 0 aliphatic carbocycles. The van der Waals surface area contributed by atoms with Gasteiger partial charge >= 0.3 is 5.97 Å². The van der Waals surface area contributed by atoms with Crippen molar-refractivity contribution in [2.24, 2.45) is 11.8 Å². The standard InChI is InChI=1S/C11H15NO2/c1-8(2)10(11(13)14)6-9-4-3-5-12-7-9/h3-5,7-8,10H,6H2,1-2H3,(H,13,14). The summed E-state index contributed by atoms with van der Waals surface area (Å²) in [6.07, 6.45) is 3.97. The fraction of sp³-hybridized carbons (Fsp3) is 0.455. The van der Waals surface area contributed by atoms with Gasteiger partial charge in [-0.1, -0.05) is 19.9 Å². The smallest absolute Gasteiger partial charge is 0.307 e. The van der Waals surface area contributed by atoms with E-state index in [9.17, 15) is 4.79 Å². The lowest BCUT2D eigenvalue weighted by molar-refractivity contribution is -0.143. The summed E-state index contributed by atoms with van der Waals surface area (Å²) in [5.74, 6) is -0.907. The molecule has 0 aliphatic rings. The molecule has 14 heavy (non-hydrogen) atoms. The monoisotopic (exact) mass is 193 g/mol. The van der Waals surface area contributed by atoms with E-state index in [1.165, 1.54) is 0 Å². The van der Waals surface area contributed by atoms with Crippen molar-refractivity contribution in [2.75, 3.05) is 0 Å². The molecule has 0 amide bonds. The Morgan fingerprint density at radius 2 is 2.29 bits per heavy atom. The number of nitrogens with zero attached hydrogens (tertiary/aromatic N) is 1. The molecule has 0 fully saturated rings. The summed E-state index contributed by atoms with van der Waals surface area (Å²) in [6.45, 7) is 3.85. The molecule has 0 spiro atoms. The fourth-order valence-corrected chi connectivity index (χ4v) is 1.38. The largest absolute Gasteiger partial charge is 0.481 e. The van der Waals surface area contributed by atoms with Gasteiger partial charge in [0.15, 0.2) is 0 Å². The summed E-state index contributed by atoms with van der Waals surface area (Å²) in [5.41, 5.74) is 0.980. The normalized spacial score (nSPS) is 12.8. The third-order valence-corrected chi connectivity index (χ3v) is 2.30. The molecule has 0 saturated heterocycles. The van der Waals surface area contributed by atoms with Gasteiger partial charge in [0.25, 0.3) is 0 Å². The molecule has 1 aromatic heterocycles. The van der Waals surface area contributed by atoms with Crippen molar-refractivity contribution in [1.29, 1.82) is 0 Å². The van der Waals surface area contributed by atoms with Crippen LogP contribution in [-0.4, -0.2) is 16.1 Å². The molecule has 0 aliphatic heterocycles. The number of aromatic nitrogens is 1. The van der Waals surface area contributed by atoms with Crippen LogP contribution < -0.4 is 0 Å². The predicted molar refractivity (Wildman–Crippen MR) is 53.9 cm³/mol. The van der Waals surface area contributed by atoms with Crippen LogP contribution in [0.3, 0.4) is 0 Å². The molecule has 1 rings (SSSR count). The number of carboxylic acid groups (broad SMARTS) is 1. The van der Waals surface area contributed by atoms with E-state index in [1.54, 1.807) is 12.4 Å². The van der Waals surface area contributed by atoms with E-state index >= 15 is 0 Å². The van der Waals surface area contributed by atoms with Gasteiger partial charge in [-0.2, -0.15) is 0 Å². The maximum Gasteiger partial charge on any atom is 0.307 e. The van der Waals surface area contributed by atoms with E-state index in [-0.39, 0.29) is 11.8 Å². The van der Waals surface area contributed by atoms with Gasteiger partial charge < -0.3 is 5.11 Å². The molecule has 76 valence electrons. The Balaban J connectivity index is 2.70. The van der Waals surface area contributed by atoms with E-state index in [0.29, 0.717) is 6.42 Å². The van der Waals surface area contributed by atoms with Crippen LogP contribution >= 0.6 is 0 Å².